The molecule has 1 atom stereocenters. The predicted molar refractivity (Wildman–Crippen MR) is 98.7 cm³/mol. The molecule has 0 saturated carbocycles. The third kappa shape index (κ3) is 4.94. The molecule has 0 aliphatic carbocycles. The van der Waals surface area contributed by atoms with Crippen molar-refractivity contribution in [2.75, 3.05) is 38.6 Å². The quantitative estimate of drug-likeness (QED) is 0.823. The highest BCUT2D eigenvalue weighted by Gasteiger charge is 2.22. The van der Waals surface area contributed by atoms with E-state index in [1.807, 2.05) is 23.1 Å². The largest absolute Gasteiger partial charge is 0.490 e. The summed E-state index contributed by atoms with van der Waals surface area (Å²) in [4.78, 5) is 15.4. The fourth-order valence-electron chi connectivity index (χ4n) is 2.84. The number of carbonyl (C=O) groups is 1. The van der Waals surface area contributed by atoms with Crippen molar-refractivity contribution in [1.29, 1.82) is 0 Å². The van der Waals surface area contributed by atoms with E-state index in [0.717, 1.165) is 48.2 Å². The lowest BCUT2D eigenvalue weighted by Crippen LogP contribution is -2.52. The number of hydrogen-bond acceptors (Lipinski definition) is 5. The molecule has 0 spiro atoms. The second-order valence-electron chi connectivity index (χ2n) is 5.90. The molecule has 1 N–H and O–H groups in total. The molecule has 134 valence electrons. The van der Waals surface area contributed by atoms with E-state index in [1.54, 1.807) is 11.8 Å². The molecule has 1 fully saturated rings. The first-order valence-corrected chi connectivity index (χ1v) is 9.25. The van der Waals surface area contributed by atoms with Crippen molar-refractivity contribution in [1.82, 2.24) is 10.2 Å². The number of nitrogens with one attached hydrogen (secondary N) is 1. The summed E-state index contributed by atoms with van der Waals surface area (Å²) in [6, 6.07) is 6.31. The van der Waals surface area contributed by atoms with Crippen molar-refractivity contribution >= 4 is 30.1 Å². The normalized spacial score (nSPS) is 20.0. The van der Waals surface area contributed by atoms with E-state index in [4.69, 9.17) is 9.47 Å². The van der Waals surface area contributed by atoms with E-state index in [-0.39, 0.29) is 18.3 Å². The number of piperazine rings is 1. The maximum Gasteiger partial charge on any atom is 0.223 e. The van der Waals surface area contributed by atoms with Crippen LogP contribution >= 0.6 is 24.2 Å². The van der Waals surface area contributed by atoms with E-state index in [2.05, 4.69) is 12.2 Å². The number of benzene rings is 1. The predicted octanol–water partition coefficient (Wildman–Crippen LogP) is 2.57. The third-order valence-corrected chi connectivity index (χ3v) is 5.12. The van der Waals surface area contributed by atoms with Crippen LogP contribution in [0.3, 0.4) is 0 Å². The Hall–Kier alpha value is -1.11. The highest BCUT2D eigenvalue weighted by molar-refractivity contribution is 7.99. The highest BCUT2D eigenvalue weighted by atomic mass is 35.5. The number of fused-ring (bicyclic) bond motifs is 1. The molecule has 24 heavy (non-hydrogen) atoms. The van der Waals surface area contributed by atoms with Crippen molar-refractivity contribution in [3.05, 3.63) is 18.2 Å². The lowest BCUT2D eigenvalue weighted by atomic mass is 10.2. The van der Waals surface area contributed by atoms with Crippen LogP contribution in [0.4, 0.5) is 0 Å². The summed E-state index contributed by atoms with van der Waals surface area (Å²) < 4.78 is 11.3. The molecular formula is C17H25ClN2O3S. The van der Waals surface area contributed by atoms with Crippen molar-refractivity contribution < 1.29 is 14.3 Å². The van der Waals surface area contributed by atoms with Gasteiger partial charge in [0.05, 0.1) is 13.2 Å². The summed E-state index contributed by atoms with van der Waals surface area (Å²) in [5, 5.41) is 3.31. The van der Waals surface area contributed by atoms with Crippen LogP contribution in [-0.4, -0.2) is 55.4 Å². The molecule has 1 aromatic rings. The minimum absolute atomic E-state index is 0. The van der Waals surface area contributed by atoms with Crippen LogP contribution in [-0.2, 0) is 4.79 Å². The fourth-order valence-corrected chi connectivity index (χ4v) is 3.71. The fraction of sp³-hybridized carbons (Fsp3) is 0.588. The molecule has 2 aliphatic heterocycles. The second kappa shape index (κ2) is 9.39. The zero-order valence-corrected chi connectivity index (χ0v) is 15.6. The Labute approximate surface area is 153 Å². The molecule has 1 unspecified atom stereocenters. The lowest BCUT2D eigenvalue weighted by Gasteiger charge is -2.34. The molecule has 3 rings (SSSR count). The van der Waals surface area contributed by atoms with Crippen LogP contribution in [0.25, 0.3) is 0 Å². The number of rotatable bonds is 4. The number of thioether (sulfide) groups is 1. The molecule has 1 saturated heterocycles. The van der Waals surface area contributed by atoms with Gasteiger partial charge in [-0.05, 0) is 25.1 Å². The van der Waals surface area contributed by atoms with Crippen molar-refractivity contribution in [3.63, 3.8) is 0 Å². The van der Waals surface area contributed by atoms with Gasteiger partial charge in [-0.25, -0.2) is 0 Å². The summed E-state index contributed by atoms with van der Waals surface area (Å²) in [6.07, 6.45) is 1.48. The first-order chi connectivity index (χ1) is 11.2. The average Bonchev–Trinajstić information content (AvgIpc) is 2.80. The summed E-state index contributed by atoms with van der Waals surface area (Å²) >= 11 is 1.69. The molecule has 2 heterocycles. The molecule has 1 aromatic carbocycles. The van der Waals surface area contributed by atoms with Gasteiger partial charge in [0.25, 0.3) is 0 Å². The lowest BCUT2D eigenvalue weighted by molar-refractivity contribution is -0.133. The Bertz CT molecular complexity index is 559. The first-order valence-electron chi connectivity index (χ1n) is 8.26. The smallest absolute Gasteiger partial charge is 0.223 e. The second-order valence-corrected chi connectivity index (χ2v) is 7.07. The van der Waals surface area contributed by atoms with Crippen LogP contribution in [0.15, 0.2) is 23.1 Å². The van der Waals surface area contributed by atoms with Gasteiger partial charge in [0.15, 0.2) is 11.5 Å². The summed E-state index contributed by atoms with van der Waals surface area (Å²) in [5.74, 6) is 2.67. The molecule has 5 nitrogen and oxygen atoms in total. The van der Waals surface area contributed by atoms with Gasteiger partial charge in [0.2, 0.25) is 5.91 Å². The molecule has 1 amide bonds. The minimum atomic E-state index is 0. The Morgan fingerprint density at radius 2 is 2.12 bits per heavy atom. The van der Waals surface area contributed by atoms with Gasteiger partial charge in [-0.2, -0.15) is 0 Å². The van der Waals surface area contributed by atoms with E-state index >= 15 is 0 Å². The topological polar surface area (TPSA) is 50.8 Å². The van der Waals surface area contributed by atoms with Crippen molar-refractivity contribution in [2.45, 2.75) is 30.7 Å². The monoisotopic (exact) mass is 372 g/mol. The maximum atomic E-state index is 12.3. The summed E-state index contributed by atoms with van der Waals surface area (Å²) in [7, 11) is 0. The van der Waals surface area contributed by atoms with Crippen LogP contribution in [0.5, 0.6) is 11.5 Å². The average molecular weight is 373 g/mol. The number of carbonyl (C=O) groups excluding carboxylic acids is 1. The molecule has 0 bridgehead atoms. The number of amides is 1. The van der Waals surface area contributed by atoms with Crippen molar-refractivity contribution in [2.24, 2.45) is 0 Å². The third-order valence-electron chi connectivity index (χ3n) is 4.13. The number of hydrogen-bond donors (Lipinski definition) is 1. The van der Waals surface area contributed by atoms with Crippen LogP contribution < -0.4 is 14.8 Å². The van der Waals surface area contributed by atoms with Gasteiger partial charge in [-0.15, -0.1) is 24.2 Å². The van der Waals surface area contributed by atoms with Crippen LogP contribution in [0.1, 0.15) is 19.8 Å². The zero-order valence-electron chi connectivity index (χ0n) is 14.0. The molecule has 2 aliphatic rings. The SMILES string of the molecule is CC1CNCCN1C(=O)CCSc1ccc2c(c1)OCCCO2.Cl. The zero-order chi connectivity index (χ0) is 16.1. The van der Waals surface area contributed by atoms with Crippen LogP contribution in [0.2, 0.25) is 0 Å². The molecule has 0 aromatic heterocycles. The van der Waals surface area contributed by atoms with Gasteiger partial charge >= 0.3 is 0 Å². The van der Waals surface area contributed by atoms with Gasteiger partial charge in [-0.3, -0.25) is 4.79 Å². The number of ether oxygens (including phenoxy) is 2. The summed E-state index contributed by atoms with van der Waals surface area (Å²) in [5.41, 5.74) is 0. The standard InChI is InChI=1S/C17H24N2O3S.ClH/c1-13-12-18-6-7-19(13)17(20)5-10-23-14-3-4-15-16(11-14)22-9-2-8-21-15;/h3-4,11,13,18H,2,5-10,12H2,1H3;1H. The molecule has 0 radical (unpaired) electrons. The Kier molecular flexibility index (Phi) is 7.52. The first kappa shape index (κ1) is 19.2. The Morgan fingerprint density at radius 3 is 2.92 bits per heavy atom. The van der Waals surface area contributed by atoms with E-state index in [9.17, 15) is 4.79 Å². The van der Waals surface area contributed by atoms with E-state index in [0.29, 0.717) is 25.7 Å². The van der Waals surface area contributed by atoms with Gasteiger partial charge in [-0.1, -0.05) is 0 Å². The molecule has 7 heteroatoms. The van der Waals surface area contributed by atoms with E-state index < -0.39 is 0 Å². The summed E-state index contributed by atoms with van der Waals surface area (Å²) in [6.45, 7) is 6.10. The number of nitrogens with zero attached hydrogens (tertiary/aromatic N) is 1. The number of halogens is 1. The maximum absolute atomic E-state index is 12.3. The van der Waals surface area contributed by atoms with Gasteiger partial charge in [0, 0.05) is 49.2 Å². The minimum Gasteiger partial charge on any atom is -0.490 e. The van der Waals surface area contributed by atoms with Crippen molar-refractivity contribution in [3.8, 4) is 11.5 Å². The van der Waals surface area contributed by atoms with Gasteiger partial charge < -0.3 is 19.7 Å². The molecular weight excluding hydrogens is 348 g/mol. The highest BCUT2D eigenvalue weighted by Crippen LogP contribution is 2.34. The van der Waals surface area contributed by atoms with Gasteiger partial charge in [0.1, 0.15) is 0 Å². The Balaban J connectivity index is 0.00000208. The van der Waals surface area contributed by atoms with E-state index in [1.165, 1.54) is 0 Å². The van der Waals surface area contributed by atoms with Crippen LogP contribution in [0, 0.1) is 0 Å². The Morgan fingerprint density at radius 1 is 1.33 bits per heavy atom.